The molecular formula is C28H40O4Si2. The van der Waals surface area contributed by atoms with Crippen molar-refractivity contribution in [3.05, 3.63) is 53.1 Å². The van der Waals surface area contributed by atoms with E-state index in [0.717, 1.165) is 34.8 Å². The molecule has 2 aliphatic heterocycles. The highest BCUT2D eigenvalue weighted by Crippen LogP contribution is 2.46. The van der Waals surface area contributed by atoms with Gasteiger partial charge in [0, 0.05) is 28.3 Å². The topological polar surface area (TPSA) is 47.9 Å². The molecule has 1 N–H and O–H groups in total. The van der Waals surface area contributed by atoms with Crippen molar-refractivity contribution in [2.75, 3.05) is 13.2 Å². The van der Waals surface area contributed by atoms with Gasteiger partial charge >= 0.3 is 0 Å². The Bertz CT molecular complexity index is 1040. The normalized spacial score (nSPS) is 16.2. The fourth-order valence-corrected chi connectivity index (χ4v) is 5.77. The van der Waals surface area contributed by atoms with Gasteiger partial charge in [0.15, 0.2) is 8.32 Å². The zero-order chi connectivity index (χ0) is 25.1. The van der Waals surface area contributed by atoms with Crippen LogP contribution in [0.25, 0.3) is 11.1 Å². The van der Waals surface area contributed by atoms with Crippen molar-refractivity contribution in [1.82, 2.24) is 0 Å². The molecule has 0 saturated carbocycles. The molecule has 4 nitrogen and oxygen atoms in total. The fourth-order valence-electron chi connectivity index (χ4n) is 4.11. The molecule has 184 valence electrons. The first-order chi connectivity index (χ1) is 15.6. The summed E-state index contributed by atoms with van der Waals surface area (Å²) in [5.41, 5.74) is 5.80. The molecule has 0 amide bonds. The Morgan fingerprint density at radius 3 is 1.88 bits per heavy atom. The van der Waals surface area contributed by atoms with E-state index in [1.54, 1.807) is 0 Å². The van der Waals surface area contributed by atoms with Gasteiger partial charge < -0.3 is 18.7 Å². The number of rotatable bonds is 5. The Morgan fingerprint density at radius 1 is 0.824 bits per heavy atom. The highest BCUT2D eigenvalue weighted by atomic mass is 28.4. The van der Waals surface area contributed by atoms with Crippen LogP contribution in [0.1, 0.15) is 51.3 Å². The minimum atomic E-state index is -2.28. The van der Waals surface area contributed by atoms with Gasteiger partial charge in [0.05, 0.1) is 0 Å². The first-order valence-electron chi connectivity index (χ1n) is 12.3. The maximum Gasteiger partial charge on any atom is 0.250 e. The summed E-state index contributed by atoms with van der Waals surface area (Å²) in [6.45, 7) is 20.7. The van der Waals surface area contributed by atoms with Crippen LogP contribution >= 0.6 is 0 Å². The average Bonchev–Trinajstić information content (AvgIpc) is 2.70. The van der Waals surface area contributed by atoms with Crippen molar-refractivity contribution in [3.8, 4) is 17.2 Å². The highest BCUT2D eigenvalue weighted by molar-refractivity contribution is 6.74. The van der Waals surface area contributed by atoms with Crippen LogP contribution in [0.15, 0.2) is 36.4 Å². The van der Waals surface area contributed by atoms with Crippen LogP contribution in [0.3, 0.4) is 0 Å². The van der Waals surface area contributed by atoms with E-state index in [-0.39, 0.29) is 10.1 Å². The molecule has 2 heterocycles. The predicted molar refractivity (Wildman–Crippen MR) is 146 cm³/mol. The summed E-state index contributed by atoms with van der Waals surface area (Å²) in [4.78, 5) is 10.7. The van der Waals surface area contributed by atoms with Crippen LogP contribution in [-0.4, -0.2) is 34.6 Å². The van der Waals surface area contributed by atoms with Gasteiger partial charge in [-0.2, -0.15) is 0 Å². The van der Waals surface area contributed by atoms with Crippen molar-refractivity contribution in [1.29, 1.82) is 0 Å². The average molecular weight is 497 g/mol. The first kappa shape index (κ1) is 25.1. The third-order valence-electron chi connectivity index (χ3n) is 8.24. The lowest BCUT2D eigenvalue weighted by molar-refractivity contribution is 0.336. The summed E-state index contributed by atoms with van der Waals surface area (Å²) < 4.78 is 19.0. The summed E-state index contributed by atoms with van der Waals surface area (Å²) >= 11 is 0. The van der Waals surface area contributed by atoms with Crippen LogP contribution in [-0.2, 0) is 6.42 Å². The Kier molecular flexibility index (Phi) is 6.11. The molecular weight excluding hydrogens is 456 g/mol. The van der Waals surface area contributed by atoms with Crippen molar-refractivity contribution < 1.29 is 18.7 Å². The predicted octanol–water partition coefficient (Wildman–Crippen LogP) is 7.29. The number of fused-ring (bicyclic) bond motifs is 4. The summed E-state index contributed by atoms with van der Waals surface area (Å²) in [6.07, 6.45) is 0.835. The molecule has 6 heteroatoms. The van der Waals surface area contributed by atoms with Crippen LogP contribution in [0, 0.1) is 0 Å². The molecule has 0 radical (unpaired) electrons. The second kappa shape index (κ2) is 8.28. The van der Waals surface area contributed by atoms with E-state index in [1.807, 2.05) is 19.2 Å². The number of hydrogen-bond donors (Lipinski definition) is 1. The third kappa shape index (κ3) is 4.60. The van der Waals surface area contributed by atoms with Crippen LogP contribution < -0.4 is 13.9 Å². The largest absolute Gasteiger partial charge is 0.543 e. The molecule has 0 aromatic heterocycles. The molecule has 34 heavy (non-hydrogen) atoms. The van der Waals surface area contributed by atoms with Crippen molar-refractivity contribution >= 4 is 27.8 Å². The van der Waals surface area contributed by atoms with Gasteiger partial charge in [0.2, 0.25) is 8.32 Å². The maximum atomic E-state index is 10.7. The van der Waals surface area contributed by atoms with E-state index >= 15 is 0 Å². The van der Waals surface area contributed by atoms with Gasteiger partial charge in [-0.05, 0) is 66.4 Å². The van der Waals surface area contributed by atoms with E-state index in [4.69, 9.17) is 13.9 Å². The molecule has 0 aliphatic carbocycles. The monoisotopic (exact) mass is 496 g/mol. The second-order valence-corrected chi connectivity index (χ2v) is 21.7. The van der Waals surface area contributed by atoms with Gasteiger partial charge in [0.1, 0.15) is 30.5 Å². The standard InChI is InChI=1S/C28H40O4Si2/c1-27(2,3)34(8,9)32-20-11-13-22-24-17-30-25-14-19(16-28(4,5)33(6,7)29)10-12-21(25)23(24)18-31-26(22)15-20/h10-15,29H,16-18H2,1-9H3. The fraction of sp³-hybridized carbons (Fsp3) is 0.500. The zero-order valence-corrected chi connectivity index (χ0v) is 24.3. The summed E-state index contributed by atoms with van der Waals surface area (Å²) in [7, 11) is -4.19. The van der Waals surface area contributed by atoms with Crippen molar-refractivity contribution in [2.24, 2.45) is 0 Å². The molecule has 2 aromatic carbocycles. The second-order valence-electron chi connectivity index (χ2n) is 12.5. The molecule has 0 unspecified atom stereocenters. The smallest absolute Gasteiger partial charge is 0.250 e. The lowest BCUT2D eigenvalue weighted by Crippen LogP contribution is -2.43. The molecule has 0 fully saturated rings. The Labute approximate surface area is 207 Å². The molecule has 2 aliphatic rings. The molecule has 4 rings (SSSR count). The van der Waals surface area contributed by atoms with Gasteiger partial charge in [0.25, 0.3) is 0 Å². The summed E-state index contributed by atoms with van der Waals surface area (Å²) in [5.74, 6) is 2.67. The maximum absolute atomic E-state index is 10.7. The van der Waals surface area contributed by atoms with Crippen LogP contribution in [0.4, 0.5) is 0 Å². The van der Waals surface area contributed by atoms with E-state index in [2.05, 4.69) is 78.0 Å². The quantitative estimate of drug-likeness (QED) is 0.442. The van der Waals surface area contributed by atoms with E-state index in [9.17, 15) is 4.80 Å². The van der Waals surface area contributed by atoms with Gasteiger partial charge in [-0.3, -0.25) is 0 Å². The Morgan fingerprint density at radius 2 is 1.35 bits per heavy atom. The SMILES string of the molecule is CC(C)(Cc1ccc2c(c1)OCC1=C2COc2cc(O[Si](C)(C)C(C)(C)C)ccc21)[Si](C)(C)O. The molecule has 0 atom stereocenters. The Hall–Kier alpha value is -2.03. The third-order valence-corrected chi connectivity index (χ3v) is 16.1. The van der Waals surface area contributed by atoms with Gasteiger partial charge in [-0.1, -0.05) is 46.8 Å². The molecule has 0 saturated heterocycles. The van der Waals surface area contributed by atoms with E-state index < -0.39 is 16.6 Å². The van der Waals surface area contributed by atoms with Crippen molar-refractivity contribution in [2.45, 2.75) is 77.3 Å². The summed E-state index contributed by atoms with van der Waals surface area (Å²) in [5, 5.41) is 0.0287. The lowest BCUT2D eigenvalue weighted by Gasteiger charge is -2.37. The number of hydrogen-bond acceptors (Lipinski definition) is 4. The first-order valence-corrected chi connectivity index (χ1v) is 18.1. The Balaban J connectivity index is 1.62. The van der Waals surface area contributed by atoms with Crippen LogP contribution in [0.2, 0.25) is 36.3 Å². The minimum absolute atomic E-state index is 0.114. The highest BCUT2D eigenvalue weighted by Gasteiger charge is 2.40. The number of benzene rings is 2. The number of ether oxygens (including phenoxy) is 2. The lowest BCUT2D eigenvalue weighted by atomic mass is 9.89. The van der Waals surface area contributed by atoms with Crippen molar-refractivity contribution in [3.63, 3.8) is 0 Å². The molecule has 0 bridgehead atoms. The van der Waals surface area contributed by atoms with E-state index in [0.29, 0.717) is 13.2 Å². The minimum Gasteiger partial charge on any atom is -0.543 e. The molecule has 0 spiro atoms. The van der Waals surface area contributed by atoms with E-state index in [1.165, 1.54) is 16.7 Å². The van der Waals surface area contributed by atoms with Gasteiger partial charge in [-0.15, -0.1) is 0 Å². The summed E-state index contributed by atoms with van der Waals surface area (Å²) in [6, 6.07) is 12.7. The van der Waals surface area contributed by atoms with Gasteiger partial charge in [-0.25, -0.2) is 0 Å². The zero-order valence-electron chi connectivity index (χ0n) is 22.3. The molecule has 2 aromatic rings. The van der Waals surface area contributed by atoms with Crippen LogP contribution in [0.5, 0.6) is 17.2 Å².